The van der Waals surface area contributed by atoms with E-state index in [-0.39, 0.29) is 48.6 Å². The van der Waals surface area contributed by atoms with Crippen molar-refractivity contribution in [2.45, 2.75) is 77.1 Å². The van der Waals surface area contributed by atoms with Gasteiger partial charge in [0.15, 0.2) is 11.6 Å². The van der Waals surface area contributed by atoms with Crippen LogP contribution in [0.25, 0.3) is 0 Å². The molecule has 0 aliphatic heterocycles. The van der Waals surface area contributed by atoms with Crippen molar-refractivity contribution in [3.63, 3.8) is 0 Å². The van der Waals surface area contributed by atoms with Gasteiger partial charge in [0.1, 0.15) is 18.0 Å². The van der Waals surface area contributed by atoms with Crippen LogP contribution in [0, 0.1) is 28.6 Å². The van der Waals surface area contributed by atoms with Crippen LogP contribution in [-0.4, -0.2) is 62.4 Å². The smallest absolute Gasteiger partial charge is 0.313 e. The lowest BCUT2D eigenvalue weighted by Gasteiger charge is -2.60. The molecule has 4 rings (SSSR count). The molecule has 0 aromatic heterocycles. The third-order valence-corrected chi connectivity index (χ3v) is 9.08. The molecule has 8 heteroatoms. The van der Waals surface area contributed by atoms with Gasteiger partial charge in [0.05, 0.1) is 24.0 Å². The molecule has 3 saturated carbocycles. The number of esters is 1. The normalized spacial score (nSPS) is 42.9. The molecule has 0 amide bonds. The highest BCUT2D eigenvalue weighted by atomic mass is 16.5. The first kappa shape index (κ1) is 24.3. The third-order valence-electron chi connectivity index (χ3n) is 9.08. The van der Waals surface area contributed by atoms with E-state index in [1.54, 1.807) is 6.08 Å². The van der Waals surface area contributed by atoms with E-state index in [9.17, 15) is 34.8 Å². The summed E-state index contributed by atoms with van der Waals surface area (Å²) in [5.74, 6) is -1.87. The number of aliphatic hydroxyl groups is 4. The average molecular weight is 463 g/mol. The molecular formula is C25H34O8. The number of ether oxygens (including phenoxy) is 1. The SMILES string of the molecule is CC(O)CC(=O)OC1=CC(=O)C=C2CC[C@@H]3[C@H]([C@@H](O)C[C@@]4(C)[C@H]3CC[C@]4(O)C(=O)CO)[C@]21C. The van der Waals surface area contributed by atoms with Gasteiger partial charge in [-0.1, -0.05) is 12.5 Å². The fourth-order valence-electron chi connectivity index (χ4n) is 7.54. The number of Topliss-reactive ketones (excluding diaryl/α,β-unsaturated/α-hetero) is 1. The van der Waals surface area contributed by atoms with Crippen molar-refractivity contribution in [1.82, 2.24) is 0 Å². The van der Waals surface area contributed by atoms with Gasteiger partial charge in [0.25, 0.3) is 0 Å². The van der Waals surface area contributed by atoms with E-state index in [0.717, 1.165) is 5.57 Å². The van der Waals surface area contributed by atoms with Gasteiger partial charge in [-0.2, -0.15) is 0 Å². The molecule has 0 saturated heterocycles. The lowest BCUT2D eigenvalue weighted by molar-refractivity contribution is -0.182. The zero-order valence-corrected chi connectivity index (χ0v) is 19.4. The van der Waals surface area contributed by atoms with Crippen LogP contribution in [0.2, 0.25) is 0 Å². The maximum atomic E-state index is 12.5. The Balaban J connectivity index is 1.73. The minimum atomic E-state index is -1.69. The van der Waals surface area contributed by atoms with Crippen LogP contribution >= 0.6 is 0 Å². The molecule has 182 valence electrons. The van der Waals surface area contributed by atoms with Crippen molar-refractivity contribution >= 4 is 17.5 Å². The summed E-state index contributed by atoms with van der Waals surface area (Å²) in [7, 11) is 0. The summed E-state index contributed by atoms with van der Waals surface area (Å²) in [6, 6.07) is 0. The first-order valence-corrected chi connectivity index (χ1v) is 11.8. The number of hydrogen-bond donors (Lipinski definition) is 4. The summed E-state index contributed by atoms with van der Waals surface area (Å²) in [6.07, 6.45) is 3.05. The predicted molar refractivity (Wildman–Crippen MR) is 116 cm³/mol. The maximum Gasteiger partial charge on any atom is 0.313 e. The number of ketones is 2. The minimum absolute atomic E-state index is 0.0724. The highest BCUT2D eigenvalue weighted by molar-refractivity contribution is 6.02. The van der Waals surface area contributed by atoms with E-state index in [1.165, 1.54) is 13.0 Å². The van der Waals surface area contributed by atoms with E-state index in [4.69, 9.17) is 4.74 Å². The second-order valence-electron chi connectivity index (χ2n) is 10.8. The first-order chi connectivity index (χ1) is 15.4. The number of carbonyl (C=O) groups is 3. The summed E-state index contributed by atoms with van der Waals surface area (Å²) in [5, 5.41) is 41.8. The molecule has 8 atom stereocenters. The fourth-order valence-corrected chi connectivity index (χ4v) is 7.54. The van der Waals surface area contributed by atoms with Crippen molar-refractivity contribution in [3.05, 3.63) is 23.5 Å². The van der Waals surface area contributed by atoms with E-state index in [0.29, 0.717) is 19.3 Å². The molecule has 4 aliphatic rings. The van der Waals surface area contributed by atoms with Crippen LogP contribution < -0.4 is 0 Å². The Morgan fingerprint density at radius 3 is 2.58 bits per heavy atom. The van der Waals surface area contributed by atoms with E-state index in [2.05, 4.69) is 0 Å². The van der Waals surface area contributed by atoms with Crippen LogP contribution in [0.3, 0.4) is 0 Å². The van der Waals surface area contributed by atoms with Crippen molar-refractivity contribution in [2.75, 3.05) is 6.61 Å². The third kappa shape index (κ3) is 3.45. The number of rotatable bonds is 5. The van der Waals surface area contributed by atoms with Gasteiger partial charge in [-0.15, -0.1) is 0 Å². The van der Waals surface area contributed by atoms with Crippen molar-refractivity contribution in [3.8, 4) is 0 Å². The maximum absolute atomic E-state index is 12.5. The average Bonchev–Trinajstić information content (AvgIpc) is 2.99. The fraction of sp³-hybridized carbons (Fsp3) is 0.720. The lowest BCUT2D eigenvalue weighted by Crippen LogP contribution is -2.62. The molecule has 1 unspecified atom stereocenters. The second kappa shape index (κ2) is 8.12. The quantitative estimate of drug-likeness (QED) is 0.447. The topological polar surface area (TPSA) is 141 Å². The molecule has 0 aromatic rings. The highest BCUT2D eigenvalue weighted by Gasteiger charge is 2.69. The van der Waals surface area contributed by atoms with Crippen molar-refractivity contribution in [1.29, 1.82) is 0 Å². The zero-order chi connectivity index (χ0) is 24.3. The Hall–Kier alpha value is -1.87. The molecule has 0 heterocycles. The molecule has 0 radical (unpaired) electrons. The van der Waals surface area contributed by atoms with Crippen molar-refractivity contribution in [2.24, 2.45) is 28.6 Å². The monoisotopic (exact) mass is 462 g/mol. The van der Waals surface area contributed by atoms with Crippen LogP contribution in [0.15, 0.2) is 23.5 Å². The Kier molecular flexibility index (Phi) is 5.97. The highest BCUT2D eigenvalue weighted by Crippen LogP contribution is 2.68. The number of carbonyl (C=O) groups excluding carboxylic acids is 3. The van der Waals surface area contributed by atoms with E-state index < -0.39 is 47.0 Å². The van der Waals surface area contributed by atoms with Gasteiger partial charge in [0.2, 0.25) is 0 Å². The summed E-state index contributed by atoms with van der Waals surface area (Å²) in [5.41, 5.74) is -2.67. The molecule has 0 spiro atoms. The summed E-state index contributed by atoms with van der Waals surface area (Å²) >= 11 is 0. The minimum Gasteiger partial charge on any atom is -0.430 e. The van der Waals surface area contributed by atoms with E-state index >= 15 is 0 Å². The molecule has 4 N–H and O–H groups in total. The molecule has 0 bridgehead atoms. The predicted octanol–water partition coefficient (Wildman–Crippen LogP) is 1.20. The number of hydrogen-bond acceptors (Lipinski definition) is 8. The summed E-state index contributed by atoms with van der Waals surface area (Å²) in [6.45, 7) is 4.44. The summed E-state index contributed by atoms with van der Waals surface area (Å²) in [4.78, 5) is 37.3. The molecule has 4 aliphatic carbocycles. The Bertz CT molecular complexity index is 935. The van der Waals surface area contributed by atoms with Gasteiger partial charge < -0.3 is 25.2 Å². The molecule has 33 heavy (non-hydrogen) atoms. The van der Waals surface area contributed by atoms with Crippen LogP contribution in [0.5, 0.6) is 0 Å². The Morgan fingerprint density at radius 2 is 1.94 bits per heavy atom. The molecule has 0 aromatic carbocycles. The zero-order valence-electron chi connectivity index (χ0n) is 19.4. The number of allylic oxidation sites excluding steroid dienone is 3. The standard InChI is InChI=1S/C25H34O8/c1-13(27)8-21(31)33-20-10-15(28)9-14-4-5-16-17-6-7-25(32,19(30)12-26)23(17,2)11-18(29)22(16)24(14,20)3/h9-10,13,16-18,22,26-27,29,32H,4-8,11-12H2,1-3H3/t13?,16-,17-,18-,22+,23-,24+,25-/m0/s1. The summed E-state index contributed by atoms with van der Waals surface area (Å²) < 4.78 is 5.63. The van der Waals surface area contributed by atoms with Gasteiger partial charge in [0, 0.05) is 17.4 Å². The van der Waals surface area contributed by atoms with Crippen LogP contribution in [0.1, 0.15) is 59.3 Å². The number of fused-ring (bicyclic) bond motifs is 5. The van der Waals surface area contributed by atoms with Crippen molar-refractivity contribution < 1.29 is 39.5 Å². The number of aliphatic hydroxyl groups excluding tert-OH is 3. The Morgan fingerprint density at radius 1 is 1.24 bits per heavy atom. The van der Waals surface area contributed by atoms with Crippen LogP contribution in [0.4, 0.5) is 0 Å². The van der Waals surface area contributed by atoms with Gasteiger partial charge in [-0.05, 0) is 63.9 Å². The van der Waals surface area contributed by atoms with Crippen LogP contribution in [-0.2, 0) is 19.1 Å². The Labute approximate surface area is 193 Å². The van der Waals surface area contributed by atoms with Gasteiger partial charge in [-0.25, -0.2) is 0 Å². The molecular weight excluding hydrogens is 428 g/mol. The van der Waals surface area contributed by atoms with Gasteiger partial charge in [-0.3, -0.25) is 14.4 Å². The lowest BCUT2D eigenvalue weighted by atomic mass is 9.45. The largest absolute Gasteiger partial charge is 0.430 e. The second-order valence-corrected chi connectivity index (χ2v) is 10.8. The van der Waals surface area contributed by atoms with Gasteiger partial charge >= 0.3 is 5.97 Å². The molecule has 3 fully saturated rings. The van der Waals surface area contributed by atoms with E-state index in [1.807, 2.05) is 13.8 Å². The first-order valence-electron chi connectivity index (χ1n) is 11.8. The molecule has 8 nitrogen and oxygen atoms in total.